The normalized spacial score (nSPS) is 15.9. The third-order valence-corrected chi connectivity index (χ3v) is 7.39. The summed E-state index contributed by atoms with van der Waals surface area (Å²) in [5.74, 6) is 0.196. The van der Waals surface area contributed by atoms with Gasteiger partial charge in [-0.15, -0.1) is 0 Å². The third kappa shape index (κ3) is 8.13. The molecule has 0 atom stereocenters. The van der Waals surface area contributed by atoms with Crippen molar-refractivity contribution in [1.29, 1.82) is 0 Å². The number of hydrogen-bond acceptors (Lipinski definition) is 7. The molecule has 0 radical (unpaired) electrons. The number of pyridine rings is 1. The minimum Gasteiger partial charge on any atom is -0.490 e. The first-order valence-corrected chi connectivity index (χ1v) is 14.5. The molecule has 3 aromatic carbocycles. The second-order valence-electron chi connectivity index (χ2n) is 10.5. The van der Waals surface area contributed by atoms with Crippen LogP contribution in [0.3, 0.4) is 0 Å². The molecule has 1 fully saturated rings. The third-order valence-electron chi connectivity index (χ3n) is 7.39. The summed E-state index contributed by atoms with van der Waals surface area (Å²) in [7, 11) is 1.85. The van der Waals surface area contributed by atoms with Crippen LogP contribution in [-0.4, -0.2) is 47.1 Å². The molecule has 0 unspecified atom stereocenters. The number of aromatic carboxylic acids is 1. The number of para-hydroxylation sites is 1. The number of carbonyl (C=O) groups is 3. The summed E-state index contributed by atoms with van der Waals surface area (Å²) >= 11 is 0. The van der Waals surface area contributed by atoms with Crippen molar-refractivity contribution in [2.45, 2.75) is 44.2 Å². The summed E-state index contributed by atoms with van der Waals surface area (Å²) in [6, 6.07) is 24.5. The van der Waals surface area contributed by atoms with Gasteiger partial charge in [0.15, 0.2) is 0 Å². The summed E-state index contributed by atoms with van der Waals surface area (Å²) in [5.41, 5.74) is 2.55. The molecule has 4 N–H and O–H groups in total. The van der Waals surface area contributed by atoms with E-state index >= 15 is 0 Å². The standard InChI is InChI=1S/C34H34N4O6/c1-35-24-9-7-23(8-10-24)33(40)37-25-11-13-26(14-12-25)43-27-15-17-28(18-16-27)44-32-19-6-22(21-36-32)20-31(39)38-30-5-3-2-4-29(30)34(41)42/h2-10,15-19,21,25-26,35H,11-14,20H2,1H3,(H,37,40)(H,38,39)(H,41,42). The minimum atomic E-state index is -1.11. The van der Waals surface area contributed by atoms with Crippen molar-refractivity contribution in [3.8, 4) is 17.4 Å². The van der Waals surface area contributed by atoms with Crippen LogP contribution in [0, 0.1) is 0 Å². The lowest BCUT2D eigenvalue weighted by Gasteiger charge is -2.29. The molecule has 10 nitrogen and oxygen atoms in total. The number of hydrogen-bond donors (Lipinski definition) is 4. The highest BCUT2D eigenvalue weighted by Crippen LogP contribution is 2.27. The summed E-state index contributed by atoms with van der Waals surface area (Å²) in [6.45, 7) is 0. The Kier molecular flexibility index (Phi) is 9.71. The Labute approximate surface area is 255 Å². The molecule has 10 heteroatoms. The number of nitrogens with one attached hydrogen (secondary N) is 3. The Morgan fingerprint density at radius 1 is 0.864 bits per heavy atom. The maximum Gasteiger partial charge on any atom is 0.337 e. The molecule has 2 amide bonds. The van der Waals surface area contributed by atoms with Gasteiger partial charge in [0, 0.05) is 36.6 Å². The lowest BCUT2D eigenvalue weighted by Crippen LogP contribution is -2.39. The number of ether oxygens (including phenoxy) is 2. The van der Waals surface area contributed by atoms with Gasteiger partial charge in [-0.05, 0) is 91.9 Å². The zero-order valence-corrected chi connectivity index (χ0v) is 24.3. The number of carbonyl (C=O) groups excluding carboxylic acids is 2. The Bertz CT molecular complexity index is 1580. The largest absolute Gasteiger partial charge is 0.490 e. The predicted molar refractivity (Wildman–Crippen MR) is 167 cm³/mol. The van der Waals surface area contributed by atoms with E-state index in [1.807, 2.05) is 55.6 Å². The van der Waals surface area contributed by atoms with Gasteiger partial charge in [-0.25, -0.2) is 9.78 Å². The van der Waals surface area contributed by atoms with E-state index in [4.69, 9.17) is 9.47 Å². The molecule has 1 heterocycles. The number of aromatic nitrogens is 1. The molecule has 1 saturated carbocycles. The van der Waals surface area contributed by atoms with Crippen molar-refractivity contribution in [2.75, 3.05) is 17.7 Å². The number of carboxylic acid groups (broad SMARTS) is 1. The second-order valence-corrected chi connectivity index (χ2v) is 10.5. The summed E-state index contributed by atoms with van der Waals surface area (Å²) in [4.78, 5) is 40.7. The Morgan fingerprint density at radius 2 is 1.57 bits per heavy atom. The molecule has 226 valence electrons. The second kappa shape index (κ2) is 14.2. The van der Waals surface area contributed by atoms with Crippen LogP contribution in [-0.2, 0) is 11.2 Å². The molecule has 1 aliphatic rings. The lowest BCUT2D eigenvalue weighted by atomic mass is 9.92. The van der Waals surface area contributed by atoms with E-state index in [1.165, 1.54) is 6.07 Å². The van der Waals surface area contributed by atoms with E-state index in [1.54, 1.807) is 36.5 Å². The Balaban J connectivity index is 1.05. The predicted octanol–water partition coefficient (Wildman–Crippen LogP) is 5.92. The van der Waals surface area contributed by atoms with Gasteiger partial charge in [0.05, 0.1) is 23.8 Å². The van der Waals surface area contributed by atoms with Crippen molar-refractivity contribution in [3.05, 3.63) is 108 Å². The number of carboxylic acids is 1. The number of anilines is 2. The fourth-order valence-electron chi connectivity index (χ4n) is 5.02. The van der Waals surface area contributed by atoms with Gasteiger partial charge in [0.1, 0.15) is 11.5 Å². The number of amides is 2. The fraction of sp³-hybridized carbons (Fsp3) is 0.235. The van der Waals surface area contributed by atoms with Crippen LogP contribution in [0.5, 0.6) is 17.4 Å². The van der Waals surface area contributed by atoms with Gasteiger partial charge in [-0.1, -0.05) is 18.2 Å². The van der Waals surface area contributed by atoms with Crippen molar-refractivity contribution in [1.82, 2.24) is 10.3 Å². The topological polar surface area (TPSA) is 139 Å². The molecule has 1 aliphatic carbocycles. The van der Waals surface area contributed by atoms with Crippen LogP contribution in [0.15, 0.2) is 91.1 Å². The van der Waals surface area contributed by atoms with E-state index in [0.29, 0.717) is 22.8 Å². The van der Waals surface area contributed by atoms with Gasteiger partial charge in [0.25, 0.3) is 5.91 Å². The SMILES string of the molecule is CNc1ccc(C(=O)NC2CCC(Oc3ccc(Oc4ccc(CC(=O)Nc5ccccc5C(=O)O)cn4)cc3)CC2)cc1. The lowest BCUT2D eigenvalue weighted by molar-refractivity contribution is -0.115. The van der Waals surface area contributed by atoms with Crippen LogP contribution < -0.4 is 25.4 Å². The number of benzene rings is 3. The molecular formula is C34H34N4O6. The van der Waals surface area contributed by atoms with Gasteiger partial charge >= 0.3 is 5.97 Å². The zero-order valence-electron chi connectivity index (χ0n) is 24.3. The van der Waals surface area contributed by atoms with Gasteiger partial charge in [-0.2, -0.15) is 0 Å². The maximum atomic E-state index is 12.6. The number of nitrogens with zero attached hydrogens (tertiary/aromatic N) is 1. The van der Waals surface area contributed by atoms with Crippen molar-refractivity contribution in [3.63, 3.8) is 0 Å². The molecule has 0 bridgehead atoms. The van der Waals surface area contributed by atoms with Crippen LogP contribution in [0.4, 0.5) is 11.4 Å². The summed E-state index contributed by atoms with van der Waals surface area (Å²) in [5, 5.41) is 18.1. The molecule has 0 saturated heterocycles. The number of rotatable bonds is 11. The average Bonchev–Trinajstić information content (AvgIpc) is 3.04. The molecule has 4 aromatic rings. The monoisotopic (exact) mass is 594 g/mol. The highest BCUT2D eigenvalue weighted by molar-refractivity contribution is 6.01. The van der Waals surface area contributed by atoms with E-state index in [0.717, 1.165) is 37.1 Å². The van der Waals surface area contributed by atoms with E-state index < -0.39 is 5.97 Å². The average molecular weight is 595 g/mol. The van der Waals surface area contributed by atoms with Crippen molar-refractivity contribution >= 4 is 29.2 Å². The first kappa shape index (κ1) is 30.1. The molecule has 44 heavy (non-hydrogen) atoms. The van der Waals surface area contributed by atoms with Gasteiger partial charge in [-0.3, -0.25) is 9.59 Å². The minimum absolute atomic E-state index is 0.0276. The van der Waals surface area contributed by atoms with Crippen LogP contribution >= 0.6 is 0 Å². The summed E-state index contributed by atoms with van der Waals surface area (Å²) < 4.78 is 12.0. The summed E-state index contributed by atoms with van der Waals surface area (Å²) in [6.07, 6.45) is 5.06. The Morgan fingerprint density at radius 3 is 2.23 bits per heavy atom. The molecule has 5 rings (SSSR count). The zero-order chi connectivity index (χ0) is 30.9. The van der Waals surface area contributed by atoms with Crippen molar-refractivity contribution < 1.29 is 29.0 Å². The first-order valence-electron chi connectivity index (χ1n) is 14.5. The van der Waals surface area contributed by atoms with Crippen LogP contribution in [0.2, 0.25) is 0 Å². The molecular weight excluding hydrogens is 560 g/mol. The van der Waals surface area contributed by atoms with E-state index in [2.05, 4.69) is 20.9 Å². The first-order chi connectivity index (χ1) is 21.4. The fourth-order valence-corrected chi connectivity index (χ4v) is 5.02. The van der Waals surface area contributed by atoms with Crippen molar-refractivity contribution in [2.24, 2.45) is 0 Å². The van der Waals surface area contributed by atoms with Gasteiger partial charge in [0.2, 0.25) is 11.8 Å². The van der Waals surface area contributed by atoms with Crippen LogP contribution in [0.25, 0.3) is 0 Å². The van der Waals surface area contributed by atoms with Crippen LogP contribution in [0.1, 0.15) is 52.0 Å². The smallest absolute Gasteiger partial charge is 0.337 e. The maximum absolute atomic E-state index is 12.6. The molecule has 1 aromatic heterocycles. The molecule has 0 aliphatic heterocycles. The quantitative estimate of drug-likeness (QED) is 0.168. The molecule has 0 spiro atoms. The highest BCUT2D eigenvalue weighted by atomic mass is 16.5. The van der Waals surface area contributed by atoms with E-state index in [9.17, 15) is 19.5 Å². The Hall–Kier alpha value is -5.38. The van der Waals surface area contributed by atoms with E-state index in [-0.39, 0.29) is 41.6 Å². The highest BCUT2D eigenvalue weighted by Gasteiger charge is 2.24. The van der Waals surface area contributed by atoms with Gasteiger partial charge < -0.3 is 30.5 Å².